The van der Waals surface area contributed by atoms with E-state index in [1.807, 2.05) is 0 Å². The van der Waals surface area contributed by atoms with Gasteiger partial charge in [0.1, 0.15) is 11.6 Å². The lowest BCUT2D eigenvalue weighted by molar-refractivity contribution is -0.147. The van der Waals surface area contributed by atoms with E-state index in [2.05, 4.69) is 0 Å². The molecular formula is C16H14F2O6. The third-order valence-corrected chi connectivity index (χ3v) is 2.80. The molecular weight excluding hydrogens is 326 g/mol. The van der Waals surface area contributed by atoms with Crippen LogP contribution in [0.25, 0.3) is 0 Å². The van der Waals surface area contributed by atoms with E-state index in [0.29, 0.717) is 0 Å². The minimum Gasteiger partial charge on any atom is -0.479 e. The molecule has 2 atom stereocenters. The van der Waals surface area contributed by atoms with Gasteiger partial charge in [-0.25, -0.2) is 18.4 Å². The molecule has 4 N–H and O–H groups in total. The zero-order chi connectivity index (χ0) is 18.3. The first kappa shape index (κ1) is 19.2. The van der Waals surface area contributed by atoms with Crippen LogP contribution in [0.3, 0.4) is 0 Å². The zero-order valence-corrected chi connectivity index (χ0v) is 12.1. The van der Waals surface area contributed by atoms with Crippen LogP contribution in [-0.4, -0.2) is 32.4 Å². The molecule has 0 heterocycles. The maximum Gasteiger partial charge on any atom is 0.337 e. The summed E-state index contributed by atoms with van der Waals surface area (Å²) in [6.45, 7) is 0. The highest BCUT2D eigenvalue weighted by Crippen LogP contribution is 2.14. The van der Waals surface area contributed by atoms with Gasteiger partial charge in [0.05, 0.1) is 0 Å². The average Bonchev–Trinajstić information content (AvgIpc) is 2.53. The Kier molecular flexibility index (Phi) is 6.97. The molecule has 0 amide bonds. The van der Waals surface area contributed by atoms with Crippen molar-refractivity contribution in [2.75, 3.05) is 0 Å². The Hall–Kier alpha value is -2.84. The Morgan fingerprint density at radius 2 is 1.08 bits per heavy atom. The highest BCUT2D eigenvalue weighted by Gasteiger charge is 2.16. The summed E-state index contributed by atoms with van der Waals surface area (Å²) in [5, 5.41) is 34.6. The number of rotatable bonds is 4. The first-order valence-corrected chi connectivity index (χ1v) is 6.55. The van der Waals surface area contributed by atoms with E-state index in [1.165, 1.54) is 36.4 Å². The summed E-state index contributed by atoms with van der Waals surface area (Å²) in [5.74, 6) is -3.90. The first-order chi connectivity index (χ1) is 11.2. The van der Waals surface area contributed by atoms with Gasteiger partial charge in [-0.05, 0) is 35.4 Å². The fourth-order valence-corrected chi connectivity index (χ4v) is 1.64. The minimum absolute atomic E-state index is 0.0440. The predicted octanol–water partition coefficient (Wildman–Crippen LogP) is 1.89. The maximum atomic E-state index is 12.5. The summed E-state index contributed by atoms with van der Waals surface area (Å²) in [5.41, 5.74) is 0.0880. The molecule has 0 unspecified atom stereocenters. The molecule has 0 aliphatic carbocycles. The molecule has 0 aliphatic heterocycles. The highest BCUT2D eigenvalue weighted by molar-refractivity contribution is 5.74. The van der Waals surface area contributed by atoms with Gasteiger partial charge >= 0.3 is 11.9 Å². The SMILES string of the molecule is O=C(O)[C@@H](O)c1cccc(F)c1.O=C(O)[C@@H](O)c1cccc(F)c1. The number of aliphatic hydroxyl groups excluding tert-OH is 2. The largest absolute Gasteiger partial charge is 0.479 e. The minimum atomic E-state index is -1.65. The van der Waals surface area contributed by atoms with E-state index in [0.717, 1.165) is 12.1 Å². The van der Waals surface area contributed by atoms with Crippen LogP contribution in [-0.2, 0) is 9.59 Å². The Labute approximate surface area is 135 Å². The second kappa shape index (κ2) is 8.70. The number of carboxylic acid groups (broad SMARTS) is 2. The van der Waals surface area contributed by atoms with Crippen molar-refractivity contribution in [1.82, 2.24) is 0 Å². The summed E-state index contributed by atoms with van der Waals surface area (Å²) < 4.78 is 25.0. The third-order valence-electron chi connectivity index (χ3n) is 2.80. The molecule has 2 aromatic rings. The maximum absolute atomic E-state index is 12.5. The lowest BCUT2D eigenvalue weighted by Crippen LogP contribution is -2.10. The van der Waals surface area contributed by atoms with Crippen molar-refractivity contribution in [1.29, 1.82) is 0 Å². The fraction of sp³-hybridized carbons (Fsp3) is 0.125. The molecule has 0 bridgehead atoms. The highest BCUT2D eigenvalue weighted by atomic mass is 19.1. The van der Waals surface area contributed by atoms with Crippen LogP contribution in [0.15, 0.2) is 48.5 Å². The van der Waals surface area contributed by atoms with E-state index in [9.17, 15) is 18.4 Å². The quantitative estimate of drug-likeness (QED) is 0.676. The molecule has 2 rings (SSSR count). The van der Waals surface area contributed by atoms with Gasteiger partial charge in [0.2, 0.25) is 0 Å². The van der Waals surface area contributed by atoms with Crippen molar-refractivity contribution >= 4 is 11.9 Å². The Balaban J connectivity index is 0.000000240. The van der Waals surface area contributed by atoms with Crippen molar-refractivity contribution in [2.45, 2.75) is 12.2 Å². The van der Waals surface area contributed by atoms with E-state index in [1.54, 1.807) is 0 Å². The van der Waals surface area contributed by atoms with Gasteiger partial charge in [-0.15, -0.1) is 0 Å². The molecule has 0 fully saturated rings. The summed E-state index contributed by atoms with van der Waals surface area (Å²) in [6, 6.07) is 9.71. The number of hydrogen-bond donors (Lipinski definition) is 4. The van der Waals surface area contributed by atoms with Crippen LogP contribution in [0.1, 0.15) is 23.3 Å². The summed E-state index contributed by atoms with van der Waals surface area (Å²) >= 11 is 0. The molecule has 0 spiro atoms. The molecule has 0 aliphatic rings. The number of aliphatic hydroxyl groups is 2. The van der Waals surface area contributed by atoms with E-state index in [-0.39, 0.29) is 11.1 Å². The van der Waals surface area contributed by atoms with Gasteiger partial charge in [-0.1, -0.05) is 24.3 Å². The van der Waals surface area contributed by atoms with E-state index < -0.39 is 35.8 Å². The lowest BCUT2D eigenvalue weighted by atomic mass is 10.1. The smallest absolute Gasteiger partial charge is 0.337 e. The first-order valence-electron chi connectivity index (χ1n) is 6.55. The Morgan fingerprint density at radius 3 is 1.33 bits per heavy atom. The topological polar surface area (TPSA) is 115 Å². The van der Waals surface area contributed by atoms with Gasteiger partial charge < -0.3 is 20.4 Å². The fourth-order valence-electron chi connectivity index (χ4n) is 1.64. The zero-order valence-electron chi connectivity index (χ0n) is 12.1. The number of carboxylic acids is 2. The lowest BCUT2D eigenvalue weighted by Gasteiger charge is -2.04. The Bertz CT molecular complexity index is 658. The van der Waals surface area contributed by atoms with Crippen LogP contribution < -0.4 is 0 Å². The van der Waals surface area contributed by atoms with Crippen LogP contribution in [0.4, 0.5) is 8.78 Å². The number of benzene rings is 2. The summed E-state index contributed by atoms with van der Waals surface area (Å²) in [6.07, 6.45) is -3.30. The second-order valence-corrected chi connectivity index (χ2v) is 4.59. The van der Waals surface area contributed by atoms with Crippen molar-refractivity contribution in [3.8, 4) is 0 Å². The molecule has 0 saturated carbocycles. The average molecular weight is 340 g/mol. The predicted molar refractivity (Wildman–Crippen MR) is 78.0 cm³/mol. The van der Waals surface area contributed by atoms with Gasteiger partial charge in [-0.3, -0.25) is 0 Å². The monoisotopic (exact) mass is 340 g/mol. The molecule has 6 nitrogen and oxygen atoms in total. The number of carbonyl (C=O) groups is 2. The van der Waals surface area contributed by atoms with Crippen molar-refractivity contribution in [3.05, 3.63) is 71.3 Å². The number of hydrogen-bond acceptors (Lipinski definition) is 4. The van der Waals surface area contributed by atoms with Crippen LogP contribution in [0.2, 0.25) is 0 Å². The second-order valence-electron chi connectivity index (χ2n) is 4.59. The summed E-state index contributed by atoms with van der Waals surface area (Å²) in [7, 11) is 0. The molecule has 128 valence electrons. The number of aliphatic carboxylic acids is 2. The molecule has 0 saturated heterocycles. The standard InChI is InChI=1S/2C8H7FO3/c2*9-6-3-1-2-5(4-6)7(10)8(11)12/h2*1-4,7,10H,(H,11,12)/t2*7-/m00/s1. The van der Waals surface area contributed by atoms with Crippen LogP contribution in [0, 0.1) is 11.6 Å². The van der Waals surface area contributed by atoms with E-state index >= 15 is 0 Å². The van der Waals surface area contributed by atoms with E-state index in [4.69, 9.17) is 20.4 Å². The van der Waals surface area contributed by atoms with Crippen LogP contribution in [0.5, 0.6) is 0 Å². The van der Waals surface area contributed by atoms with Crippen LogP contribution >= 0.6 is 0 Å². The molecule has 2 aromatic carbocycles. The Morgan fingerprint density at radius 1 is 0.750 bits per heavy atom. The van der Waals surface area contributed by atoms with Crippen molar-refractivity contribution in [2.24, 2.45) is 0 Å². The summed E-state index contributed by atoms with van der Waals surface area (Å²) in [4.78, 5) is 20.5. The molecule has 8 heteroatoms. The van der Waals surface area contributed by atoms with Crippen molar-refractivity contribution < 1.29 is 38.8 Å². The third kappa shape index (κ3) is 5.75. The van der Waals surface area contributed by atoms with Crippen molar-refractivity contribution in [3.63, 3.8) is 0 Å². The van der Waals surface area contributed by atoms with Gasteiger partial charge in [0.25, 0.3) is 0 Å². The van der Waals surface area contributed by atoms with Gasteiger partial charge in [0, 0.05) is 0 Å². The molecule has 24 heavy (non-hydrogen) atoms. The molecule has 0 aromatic heterocycles. The molecule has 0 radical (unpaired) electrons. The van der Waals surface area contributed by atoms with Gasteiger partial charge in [0.15, 0.2) is 12.2 Å². The number of halogens is 2. The van der Waals surface area contributed by atoms with Gasteiger partial charge in [-0.2, -0.15) is 0 Å². The normalized spacial score (nSPS) is 12.5.